The predicted octanol–water partition coefficient (Wildman–Crippen LogP) is 2.27. The summed E-state index contributed by atoms with van der Waals surface area (Å²) >= 11 is 0. The highest BCUT2D eigenvalue weighted by atomic mass is 16.6. The molecule has 0 aliphatic carbocycles. The summed E-state index contributed by atoms with van der Waals surface area (Å²) in [4.78, 5) is 28.2. The third-order valence-corrected chi connectivity index (χ3v) is 5.47. The van der Waals surface area contributed by atoms with Crippen LogP contribution in [0.25, 0.3) is 0 Å². The van der Waals surface area contributed by atoms with E-state index < -0.39 is 18.0 Å². The minimum atomic E-state index is -0.515. The number of anilines is 1. The monoisotopic (exact) mass is 381 g/mol. The summed E-state index contributed by atoms with van der Waals surface area (Å²) in [7, 11) is 3.46. The number of nitrogens with zero attached hydrogens (tertiary/aromatic N) is 2. The second-order valence-corrected chi connectivity index (χ2v) is 7.16. The average Bonchev–Trinajstić information content (AvgIpc) is 3.10. The van der Waals surface area contributed by atoms with Crippen molar-refractivity contribution in [3.05, 3.63) is 53.1 Å². The molecule has 2 N–H and O–H groups in total. The van der Waals surface area contributed by atoms with Crippen molar-refractivity contribution in [2.45, 2.75) is 18.9 Å². The zero-order valence-corrected chi connectivity index (χ0v) is 16.0. The van der Waals surface area contributed by atoms with E-state index in [4.69, 9.17) is 15.2 Å². The maximum Gasteiger partial charge on any atom is 0.419 e. The lowest BCUT2D eigenvalue weighted by atomic mass is 9.92. The number of hydrogen-bond donors (Lipinski definition) is 1. The highest BCUT2D eigenvalue weighted by Crippen LogP contribution is 2.34. The van der Waals surface area contributed by atoms with Gasteiger partial charge in [0.05, 0.1) is 12.8 Å². The summed E-state index contributed by atoms with van der Waals surface area (Å²) in [5.41, 5.74) is 9.33. The van der Waals surface area contributed by atoms with Crippen molar-refractivity contribution >= 4 is 17.7 Å². The van der Waals surface area contributed by atoms with E-state index in [1.165, 1.54) is 0 Å². The number of hydrogen-bond acceptors (Lipinski definition) is 5. The molecule has 0 bridgehead atoms. The summed E-state index contributed by atoms with van der Waals surface area (Å²) in [6, 6.07) is 10.6. The molecule has 7 nitrogen and oxygen atoms in total. The molecule has 0 fully saturated rings. The molecule has 2 amide bonds. The van der Waals surface area contributed by atoms with Crippen LogP contribution in [0, 0.1) is 0 Å². The number of fused-ring (bicyclic) bond motifs is 2. The van der Waals surface area contributed by atoms with E-state index in [-0.39, 0.29) is 0 Å². The van der Waals surface area contributed by atoms with E-state index >= 15 is 0 Å². The lowest BCUT2D eigenvalue weighted by molar-refractivity contribution is -0.123. The highest BCUT2D eigenvalue weighted by molar-refractivity contribution is 5.92. The molecule has 0 radical (unpaired) electrons. The van der Waals surface area contributed by atoms with Crippen LogP contribution in [0.5, 0.6) is 11.5 Å². The molecule has 2 aliphatic rings. The van der Waals surface area contributed by atoms with Gasteiger partial charge in [-0.2, -0.15) is 0 Å². The number of carbonyl (C=O) groups is 2. The van der Waals surface area contributed by atoms with Crippen LogP contribution in [0.3, 0.4) is 0 Å². The molecule has 4 rings (SSSR count). The van der Waals surface area contributed by atoms with Gasteiger partial charge in [-0.05, 0) is 54.8 Å². The molecule has 0 spiro atoms. The van der Waals surface area contributed by atoms with Crippen LogP contribution in [0.4, 0.5) is 10.5 Å². The van der Waals surface area contributed by atoms with Gasteiger partial charge in [0.1, 0.15) is 17.5 Å². The Hall–Kier alpha value is -3.06. The van der Waals surface area contributed by atoms with Crippen molar-refractivity contribution < 1.29 is 19.1 Å². The van der Waals surface area contributed by atoms with E-state index in [2.05, 4.69) is 0 Å². The van der Waals surface area contributed by atoms with Crippen molar-refractivity contribution in [3.8, 4) is 11.5 Å². The molecule has 1 unspecified atom stereocenters. The first kappa shape index (κ1) is 18.3. The number of benzene rings is 2. The Balaban J connectivity index is 1.58. The van der Waals surface area contributed by atoms with E-state index in [1.807, 2.05) is 36.2 Å². The molecule has 2 aliphatic heterocycles. The molecule has 2 aromatic carbocycles. The number of amides is 2. The first-order chi connectivity index (χ1) is 13.5. The lowest BCUT2D eigenvalue weighted by Crippen LogP contribution is -2.40. The van der Waals surface area contributed by atoms with Crippen LogP contribution in [0.1, 0.15) is 22.7 Å². The van der Waals surface area contributed by atoms with Crippen molar-refractivity contribution in [2.24, 2.45) is 5.73 Å². The van der Waals surface area contributed by atoms with Gasteiger partial charge in [0.25, 0.3) is 0 Å². The second-order valence-electron chi connectivity index (χ2n) is 7.16. The third kappa shape index (κ3) is 3.18. The Morgan fingerprint density at radius 1 is 1.04 bits per heavy atom. The number of carbonyl (C=O) groups excluding carboxylic acids is 2. The molecule has 0 saturated carbocycles. The third-order valence-electron chi connectivity index (χ3n) is 5.47. The number of nitrogens with two attached hydrogens (primary N) is 1. The molecule has 146 valence electrons. The van der Waals surface area contributed by atoms with Crippen LogP contribution in [0.2, 0.25) is 0 Å². The van der Waals surface area contributed by atoms with Crippen molar-refractivity contribution in [2.75, 3.05) is 32.1 Å². The van der Waals surface area contributed by atoms with E-state index in [1.54, 1.807) is 24.1 Å². The van der Waals surface area contributed by atoms with Gasteiger partial charge in [-0.15, -0.1) is 0 Å². The molecular weight excluding hydrogens is 358 g/mol. The first-order valence-electron chi connectivity index (χ1n) is 9.26. The number of ether oxygens (including phenoxy) is 2. The van der Waals surface area contributed by atoms with E-state index in [0.717, 1.165) is 41.8 Å². The average molecular weight is 381 g/mol. The molecule has 28 heavy (non-hydrogen) atoms. The van der Waals surface area contributed by atoms with Gasteiger partial charge in [0.2, 0.25) is 5.91 Å². The summed E-state index contributed by atoms with van der Waals surface area (Å²) in [5, 5.41) is 0. The molecule has 1 atom stereocenters. The molecule has 0 aromatic heterocycles. The van der Waals surface area contributed by atoms with Crippen LogP contribution >= 0.6 is 0 Å². The van der Waals surface area contributed by atoms with Gasteiger partial charge in [-0.3, -0.25) is 14.6 Å². The Bertz CT molecular complexity index is 943. The standard InChI is InChI=1S/C21H23N3O4/c1-23-9-7-13-3-6-16(11-17(13)19(23)20(22)25)28-21(26)24-10-8-14-4-5-15(27-2)12-18(14)24/h3-6,11-12,19H,7-10H2,1-2H3,(H2,22,25). The fourth-order valence-corrected chi connectivity index (χ4v) is 3.98. The zero-order valence-electron chi connectivity index (χ0n) is 16.0. The smallest absolute Gasteiger partial charge is 0.419 e. The maximum absolute atomic E-state index is 12.8. The van der Waals surface area contributed by atoms with E-state index in [9.17, 15) is 9.59 Å². The van der Waals surface area contributed by atoms with Crippen LogP contribution < -0.4 is 20.1 Å². The van der Waals surface area contributed by atoms with Gasteiger partial charge in [0.15, 0.2) is 0 Å². The van der Waals surface area contributed by atoms with Gasteiger partial charge in [-0.25, -0.2) is 4.79 Å². The van der Waals surface area contributed by atoms with Crippen molar-refractivity contribution in [3.63, 3.8) is 0 Å². The van der Waals surface area contributed by atoms with Gasteiger partial charge in [0, 0.05) is 19.2 Å². The molecule has 2 aromatic rings. The minimum Gasteiger partial charge on any atom is -0.497 e. The summed E-state index contributed by atoms with van der Waals surface area (Å²) < 4.78 is 10.9. The normalized spacial score (nSPS) is 18.4. The van der Waals surface area contributed by atoms with E-state index in [0.29, 0.717) is 18.0 Å². The summed E-state index contributed by atoms with van der Waals surface area (Å²) in [6.45, 7) is 1.31. The first-order valence-corrected chi connectivity index (χ1v) is 9.26. The highest BCUT2D eigenvalue weighted by Gasteiger charge is 2.31. The van der Waals surface area contributed by atoms with Crippen molar-refractivity contribution in [1.29, 1.82) is 0 Å². The molecule has 7 heteroatoms. The summed E-state index contributed by atoms with van der Waals surface area (Å²) in [5.74, 6) is 0.689. The Morgan fingerprint density at radius 3 is 2.50 bits per heavy atom. The largest absolute Gasteiger partial charge is 0.497 e. The number of likely N-dealkylation sites (N-methyl/N-ethyl adjacent to an activating group) is 1. The second kappa shape index (κ2) is 7.16. The number of primary amides is 1. The Morgan fingerprint density at radius 2 is 1.75 bits per heavy atom. The predicted molar refractivity (Wildman–Crippen MR) is 105 cm³/mol. The minimum absolute atomic E-state index is 0.404. The van der Waals surface area contributed by atoms with Gasteiger partial charge < -0.3 is 15.2 Å². The quantitative estimate of drug-likeness (QED) is 0.882. The summed E-state index contributed by atoms with van der Waals surface area (Å²) in [6.07, 6.45) is 1.14. The lowest BCUT2D eigenvalue weighted by Gasteiger charge is -2.32. The molecular formula is C21H23N3O4. The SMILES string of the molecule is COc1ccc2c(c1)N(C(=O)Oc1ccc3c(c1)C(C(N)=O)N(C)CC3)CC2. The molecule has 2 heterocycles. The fourth-order valence-electron chi connectivity index (χ4n) is 3.98. The fraction of sp³-hybridized carbons (Fsp3) is 0.333. The molecule has 0 saturated heterocycles. The maximum atomic E-state index is 12.8. The topological polar surface area (TPSA) is 85.1 Å². The van der Waals surface area contributed by atoms with Gasteiger partial charge >= 0.3 is 6.09 Å². The Labute approximate surface area is 163 Å². The number of rotatable bonds is 3. The van der Waals surface area contributed by atoms with Crippen LogP contribution in [-0.4, -0.2) is 44.1 Å². The van der Waals surface area contributed by atoms with Gasteiger partial charge in [-0.1, -0.05) is 12.1 Å². The number of methoxy groups -OCH3 is 1. The zero-order chi connectivity index (χ0) is 19.8. The van der Waals surface area contributed by atoms with Crippen LogP contribution in [-0.2, 0) is 17.6 Å². The Kier molecular flexibility index (Phi) is 4.68. The van der Waals surface area contributed by atoms with Crippen LogP contribution in [0.15, 0.2) is 36.4 Å². The van der Waals surface area contributed by atoms with Crippen molar-refractivity contribution in [1.82, 2.24) is 4.90 Å².